The molecule has 1 aliphatic carbocycles. The number of aromatic nitrogens is 2. The smallest absolute Gasteiger partial charge is 0.310 e. The molecule has 4 nitrogen and oxygen atoms in total. The van der Waals surface area contributed by atoms with Gasteiger partial charge in [0.05, 0.1) is 5.92 Å². The molecule has 1 aromatic heterocycles. The van der Waals surface area contributed by atoms with E-state index >= 15 is 0 Å². The van der Waals surface area contributed by atoms with Crippen LogP contribution < -0.4 is 0 Å². The summed E-state index contributed by atoms with van der Waals surface area (Å²) in [6.07, 6.45) is 6.12. The van der Waals surface area contributed by atoms with Gasteiger partial charge in [0.2, 0.25) is 0 Å². The third kappa shape index (κ3) is 3.42. The van der Waals surface area contributed by atoms with Crippen LogP contribution in [-0.2, 0) is 4.79 Å². The fourth-order valence-corrected chi connectivity index (χ4v) is 3.58. The van der Waals surface area contributed by atoms with Crippen molar-refractivity contribution >= 4 is 5.97 Å². The number of hydrogen-bond donors (Lipinski definition) is 1. The molecule has 0 bridgehead atoms. The Hall–Kier alpha value is -1.45. The minimum atomic E-state index is -0.818. The molecule has 0 aromatic carbocycles. The molecule has 2 rings (SSSR count). The third-order valence-corrected chi connectivity index (χ3v) is 4.87. The zero-order chi connectivity index (χ0) is 15.6. The molecule has 1 fully saturated rings. The third-order valence-electron chi connectivity index (χ3n) is 4.87. The normalized spacial score (nSPS) is 23.8. The zero-order valence-electron chi connectivity index (χ0n) is 13.5. The van der Waals surface area contributed by atoms with E-state index in [1.165, 1.54) is 25.7 Å². The summed E-state index contributed by atoms with van der Waals surface area (Å²) in [5.41, 5.74) is 2.42. The lowest BCUT2D eigenvalue weighted by Crippen LogP contribution is -2.19. The summed E-state index contributed by atoms with van der Waals surface area (Å²) < 4.78 is 0. The lowest BCUT2D eigenvalue weighted by molar-refractivity contribution is -0.138. The number of hydrogen-bond acceptors (Lipinski definition) is 3. The molecule has 0 saturated heterocycles. The van der Waals surface area contributed by atoms with Gasteiger partial charge in [0.15, 0.2) is 0 Å². The first-order valence-electron chi connectivity index (χ1n) is 8.01. The molecular formula is C17H26N2O2. The molecule has 0 aliphatic heterocycles. The van der Waals surface area contributed by atoms with Gasteiger partial charge in [-0.2, -0.15) is 0 Å². The molecule has 116 valence electrons. The van der Waals surface area contributed by atoms with Gasteiger partial charge >= 0.3 is 5.97 Å². The van der Waals surface area contributed by atoms with E-state index in [1.54, 1.807) is 6.92 Å². The van der Waals surface area contributed by atoms with Gasteiger partial charge in [0.1, 0.15) is 5.82 Å². The van der Waals surface area contributed by atoms with E-state index < -0.39 is 11.9 Å². The molecule has 3 unspecified atom stereocenters. The molecule has 4 heteroatoms. The summed E-state index contributed by atoms with van der Waals surface area (Å²) in [6.45, 7) is 7.77. The average molecular weight is 290 g/mol. The zero-order valence-corrected chi connectivity index (χ0v) is 13.5. The Labute approximate surface area is 127 Å². The first-order valence-corrected chi connectivity index (χ1v) is 8.01. The molecular weight excluding hydrogens is 264 g/mol. The monoisotopic (exact) mass is 290 g/mol. The Bertz CT molecular complexity index is 505. The minimum absolute atomic E-state index is 0.440. The largest absolute Gasteiger partial charge is 0.481 e. The topological polar surface area (TPSA) is 63.1 Å². The Morgan fingerprint density at radius 3 is 2.43 bits per heavy atom. The van der Waals surface area contributed by atoms with Crippen LogP contribution >= 0.6 is 0 Å². The fraction of sp³-hybridized carbons (Fsp3) is 0.706. The van der Waals surface area contributed by atoms with Crippen molar-refractivity contribution in [2.24, 2.45) is 5.92 Å². The fourth-order valence-electron chi connectivity index (χ4n) is 3.58. The molecule has 21 heavy (non-hydrogen) atoms. The van der Waals surface area contributed by atoms with Gasteiger partial charge in [-0.05, 0) is 39.5 Å². The molecule has 1 saturated carbocycles. The van der Waals surface area contributed by atoms with Gasteiger partial charge in [0, 0.05) is 22.9 Å². The summed E-state index contributed by atoms with van der Waals surface area (Å²) >= 11 is 0. The first-order chi connectivity index (χ1) is 9.93. The van der Waals surface area contributed by atoms with E-state index in [4.69, 9.17) is 0 Å². The second kappa shape index (κ2) is 6.54. The molecule has 1 N–H and O–H groups in total. The maximum Gasteiger partial charge on any atom is 0.310 e. The van der Waals surface area contributed by atoms with Crippen LogP contribution in [0.3, 0.4) is 0 Å². The quantitative estimate of drug-likeness (QED) is 0.911. The van der Waals surface area contributed by atoms with Gasteiger partial charge in [-0.1, -0.05) is 26.2 Å². The van der Waals surface area contributed by atoms with Crippen LogP contribution in [0.15, 0.2) is 0 Å². The maximum atomic E-state index is 11.2. The van der Waals surface area contributed by atoms with Crippen molar-refractivity contribution in [2.45, 2.75) is 71.6 Å². The predicted molar refractivity (Wildman–Crippen MR) is 82.5 cm³/mol. The summed E-state index contributed by atoms with van der Waals surface area (Å²) in [4.78, 5) is 20.5. The standard InChI is InChI=1S/C17H26N2O2/c1-5-13-7-6-8-14(9-13)16-18-11(3)15(12(4)19-16)10(2)17(20)21/h10,13-14H,5-9H2,1-4H3,(H,20,21). The lowest BCUT2D eigenvalue weighted by Gasteiger charge is -2.28. The van der Waals surface area contributed by atoms with Gasteiger partial charge in [-0.25, -0.2) is 9.97 Å². The Balaban J connectivity index is 2.29. The van der Waals surface area contributed by atoms with E-state index in [2.05, 4.69) is 16.9 Å². The van der Waals surface area contributed by atoms with Gasteiger partial charge in [-0.15, -0.1) is 0 Å². The lowest BCUT2D eigenvalue weighted by atomic mass is 9.79. The summed E-state index contributed by atoms with van der Waals surface area (Å²) in [5, 5.41) is 9.21. The summed E-state index contributed by atoms with van der Waals surface area (Å²) in [6, 6.07) is 0. The van der Waals surface area contributed by atoms with Crippen molar-refractivity contribution in [1.29, 1.82) is 0 Å². The SMILES string of the molecule is CCC1CCCC(c2nc(C)c(C(C)C(=O)O)c(C)n2)C1. The van der Waals surface area contributed by atoms with Gasteiger partial charge in [-0.3, -0.25) is 4.79 Å². The Morgan fingerprint density at radius 1 is 1.29 bits per heavy atom. The second-order valence-corrected chi connectivity index (χ2v) is 6.36. The number of rotatable bonds is 4. The highest BCUT2D eigenvalue weighted by atomic mass is 16.4. The molecule has 0 amide bonds. The Morgan fingerprint density at radius 2 is 1.90 bits per heavy atom. The van der Waals surface area contributed by atoms with Crippen LogP contribution in [0.25, 0.3) is 0 Å². The van der Waals surface area contributed by atoms with Crippen LogP contribution in [-0.4, -0.2) is 21.0 Å². The van der Waals surface area contributed by atoms with Crippen molar-refractivity contribution < 1.29 is 9.90 Å². The molecule has 3 atom stereocenters. The molecule has 0 spiro atoms. The molecule has 0 radical (unpaired) electrons. The van der Waals surface area contributed by atoms with Crippen LogP contribution in [0.2, 0.25) is 0 Å². The Kier molecular flexibility index (Phi) is 4.96. The van der Waals surface area contributed by atoms with Crippen molar-refractivity contribution in [3.05, 3.63) is 22.8 Å². The van der Waals surface area contributed by atoms with Crippen LogP contribution in [0.4, 0.5) is 0 Å². The number of nitrogens with zero attached hydrogens (tertiary/aromatic N) is 2. The van der Waals surface area contributed by atoms with Crippen LogP contribution in [0.1, 0.15) is 80.6 Å². The second-order valence-electron chi connectivity index (χ2n) is 6.36. The van der Waals surface area contributed by atoms with Crippen LogP contribution in [0.5, 0.6) is 0 Å². The minimum Gasteiger partial charge on any atom is -0.481 e. The highest BCUT2D eigenvalue weighted by molar-refractivity contribution is 5.76. The van der Waals surface area contributed by atoms with Gasteiger partial charge < -0.3 is 5.11 Å². The molecule has 1 aliphatic rings. The maximum absolute atomic E-state index is 11.2. The number of aliphatic carboxylic acids is 1. The molecule has 1 heterocycles. The van der Waals surface area contributed by atoms with Crippen molar-refractivity contribution in [3.8, 4) is 0 Å². The number of carbonyl (C=O) groups is 1. The predicted octanol–water partition coefficient (Wildman–Crippen LogP) is 3.97. The number of aryl methyl sites for hydroxylation is 2. The van der Waals surface area contributed by atoms with E-state index in [9.17, 15) is 9.90 Å². The van der Waals surface area contributed by atoms with Crippen LogP contribution in [0, 0.1) is 19.8 Å². The summed E-state index contributed by atoms with van der Waals surface area (Å²) in [5.74, 6) is 0.778. The van der Waals surface area contributed by atoms with Crippen molar-refractivity contribution in [1.82, 2.24) is 9.97 Å². The highest BCUT2D eigenvalue weighted by Gasteiger charge is 2.27. The van der Waals surface area contributed by atoms with Crippen molar-refractivity contribution in [3.63, 3.8) is 0 Å². The molecule has 1 aromatic rings. The van der Waals surface area contributed by atoms with Gasteiger partial charge in [0.25, 0.3) is 0 Å². The first kappa shape index (κ1) is 15.9. The van der Waals surface area contributed by atoms with Crippen molar-refractivity contribution in [2.75, 3.05) is 0 Å². The van der Waals surface area contributed by atoms with E-state index in [0.717, 1.165) is 35.1 Å². The van der Waals surface area contributed by atoms with E-state index in [1.807, 2.05) is 13.8 Å². The summed E-state index contributed by atoms with van der Waals surface area (Å²) in [7, 11) is 0. The highest BCUT2D eigenvalue weighted by Crippen LogP contribution is 2.36. The average Bonchev–Trinajstić information content (AvgIpc) is 2.46. The van der Waals surface area contributed by atoms with E-state index in [-0.39, 0.29) is 0 Å². The van der Waals surface area contributed by atoms with E-state index in [0.29, 0.717) is 5.92 Å². The number of carboxylic acid groups (broad SMARTS) is 1. The number of carboxylic acids is 1.